The van der Waals surface area contributed by atoms with Gasteiger partial charge in [-0.05, 0) is 56.1 Å². The van der Waals surface area contributed by atoms with Crippen LogP contribution in [0.25, 0.3) is 10.9 Å². The van der Waals surface area contributed by atoms with Crippen LogP contribution in [0.3, 0.4) is 0 Å². The minimum Gasteiger partial charge on any atom is -0.767 e. The Morgan fingerprint density at radius 2 is 1.91 bits per heavy atom. The molecule has 0 N–H and O–H groups in total. The number of rotatable bonds is 2. The number of ether oxygens (including phenoxy) is 2. The number of fused-ring (bicyclic) bond motifs is 1. The van der Waals surface area contributed by atoms with Gasteiger partial charge in [-0.1, -0.05) is 0 Å². The summed E-state index contributed by atoms with van der Waals surface area (Å²) in [4.78, 5) is 12.3. The van der Waals surface area contributed by atoms with Crippen molar-refractivity contribution in [2.75, 3.05) is 7.11 Å². The first-order valence-corrected chi connectivity index (χ1v) is 7.32. The molecule has 0 bridgehead atoms. The van der Waals surface area contributed by atoms with E-state index >= 15 is 0 Å². The molecular formula is C14H16LiNO5S. The Morgan fingerprint density at radius 1 is 1.27 bits per heavy atom. The van der Waals surface area contributed by atoms with Crippen molar-refractivity contribution in [1.29, 1.82) is 0 Å². The van der Waals surface area contributed by atoms with Gasteiger partial charge in [-0.25, -0.2) is 9.36 Å². The SMILES string of the molecule is COc1ccc2c(c1)cc(S(=O)[O-])n2C(=O)OC(C)(C)C.[Li+]. The molecule has 2 rings (SSSR count). The minimum atomic E-state index is -2.56. The van der Waals surface area contributed by atoms with Gasteiger partial charge >= 0.3 is 25.0 Å². The van der Waals surface area contributed by atoms with E-state index in [1.54, 1.807) is 39.0 Å². The molecule has 0 radical (unpaired) electrons. The Kier molecular flexibility index (Phi) is 5.87. The van der Waals surface area contributed by atoms with Crippen LogP contribution in [0.4, 0.5) is 4.79 Å². The van der Waals surface area contributed by atoms with Crippen molar-refractivity contribution in [1.82, 2.24) is 4.57 Å². The van der Waals surface area contributed by atoms with Crippen LogP contribution in [0.1, 0.15) is 20.8 Å². The second kappa shape index (κ2) is 6.88. The molecule has 0 fully saturated rings. The molecule has 1 aromatic heterocycles. The number of methoxy groups -OCH3 is 1. The molecule has 0 saturated carbocycles. The van der Waals surface area contributed by atoms with E-state index in [0.29, 0.717) is 16.7 Å². The molecule has 1 unspecified atom stereocenters. The summed E-state index contributed by atoms with van der Waals surface area (Å²) in [5, 5.41) is 0.437. The molecule has 0 spiro atoms. The fourth-order valence-corrected chi connectivity index (χ4v) is 2.46. The summed E-state index contributed by atoms with van der Waals surface area (Å²) in [7, 11) is 1.51. The third-order valence-corrected chi connectivity index (χ3v) is 3.36. The van der Waals surface area contributed by atoms with Crippen LogP contribution < -0.4 is 23.6 Å². The smallest absolute Gasteiger partial charge is 0.767 e. The van der Waals surface area contributed by atoms with Gasteiger partial charge in [-0.15, -0.1) is 0 Å². The minimum absolute atomic E-state index is 0. The zero-order valence-electron chi connectivity index (χ0n) is 13.2. The summed E-state index contributed by atoms with van der Waals surface area (Å²) in [6.07, 6.45) is -0.734. The van der Waals surface area contributed by atoms with Crippen molar-refractivity contribution in [2.45, 2.75) is 31.4 Å². The van der Waals surface area contributed by atoms with E-state index in [9.17, 15) is 13.6 Å². The van der Waals surface area contributed by atoms with Crippen molar-refractivity contribution in [3.8, 4) is 5.75 Å². The number of nitrogens with zero attached hydrogens (tertiary/aromatic N) is 1. The molecule has 22 heavy (non-hydrogen) atoms. The average molecular weight is 317 g/mol. The van der Waals surface area contributed by atoms with Gasteiger partial charge in [-0.3, -0.25) is 4.21 Å². The molecule has 8 heteroatoms. The fourth-order valence-electron chi connectivity index (χ4n) is 1.91. The van der Waals surface area contributed by atoms with E-state index in [1.807, 2.05) is 0 Å². The fraction of sp³-hybridized carbons (Fsp3) is 0.357. The maximum Gasteiger partial charge on any atom is 1.00 e. The van der Waals surface area contributed by atoms with Crippen LogP contribution in [0.5, 0.6) is 5.75 Å². The second-order valence-electron chi connectivity index (χ2n) is 5.46. The van der Waals surface area contributed by atoms with Gasteiger partial charge in [0.05, 0.1) is 12.6 Å². The van der Waals surface area contributed by atoms with E-state index in [2.05, 4.69) is 0 Å². The van der Waals surface area contributed by atoms with Crippen molar-refractivity contribution < 1.29 is 41.9 Å². The summed E-state index contributed by atoms with van der Waals surface area (Å²) in [6, 6.07) is 6.34. The molecule has 0 aliphatic heterocycles. The Labute approximate surface area is 143 Å². The standard InChI is InChI=1S/C14H17NO5S.Li/c1-14(2,3)20-13(16)15-11-6-5-10(19-4)7-9(11)8-12(15)21(17)18;/h5-8H,1-4H3,(H,17,18);/q;+1/p-1. The first-order chi connectivity index (χ1) is 9.73. The number of benzene rings is 1. The normalized spacial score (nSPS) is 12.6. The summed E-state index contributed by atoms with van der Waals surface area (Å²) < 4.78 is 34.1. The van der Waals surface area contributed by atoms with Gasteiger partial charge in [0.1, 0.15) is 16.4 Å². The first kappa shape index (κ1) is 18.8. The van der Waals surface area contributed by atoms with Gasteiger partial charge in [0.25, 0.3) is 0 Å². The van der Waals surface area contributed by atoms with E-state index in [1.165, 1.54) is 13.2 Å². The zero-order chi connectivity index (χ0) is 15.8. The predicted molar refractivity (Wildman–Crippen MR) is 77.3 cm³/mol. The number of carbonyl (C=O) groups is 1. The topological polar surface area (TPSA) is 80.6 Å². The third kappa shape index (κ3) is 3.93. The number of hydrogen-bond acceptors (Lipinski definition) is 5. The third-order valence-electron chi connectivity index (χ3n) is 2.72. The van der Waals surface area contributed by atoms with Crippen molar-refractivity contribution in [3.05, 3.63) is 24.3 Å². The average Bonchev–Trinajstić information content (AvgIpc) is 2.74. The maximum atomic E-state index is 12.3. The van der Waals surface area contributed by atoms with Gasteiger partial charge in [0.15, 0.2) is 0 Å². The molecule has 0 amide bonds. The van der Waals surface area contributed by atoms with Crippen molar-refractivity contribution >= 4 is 28.1 Å². The molecule has 2 aromatic rings. The van der Waals surface area contributed by atoms with Crippen LogP contribution in [0.15, 0.2) is 29.3 Å². The van der Waals surface area contributed by atoms with E-state index in [4.69, 9.17) is 9.47 Å². The van der Waals surface area contributed by atoms with E-state index in [-0.39, 0.29) is 23.9 Å². The quantitative estimate of drug-likeness (QED) is 0.560. The van der Waals surface area contributed by atoms with Crippen LogP contribution >= 0.6 is 0 Å². The summed E-state index contributed by atoms with van der Waals surface area (Å²) >= 11 is -2.56. The molecule has 1 atom stereocenters. The van der Waals surface area contributed by atoms with Crippen LogP contribution in [0, 0.1) is 0 Å². The first-order valence-electron chi connectivity index (χ1n) is 6.25. The molecule has 114 valence electrons. The van der Waals surface area contributed by atoms with Crippen LogP contribution in [0.2, 0.25) is 0 Å². The molecular weight excluding hydrogens is 301 g/mol. The number of hydrogen-bond donors (Lipinski definition) is 0. The van der Waals surface area contributed by atoms with Crippen molar-refractivity contribution in [3.63, 3.8) is 0 Å². The predicted octanol–water partition coefficient (Wildman–Crippen LogP) is -0.325. The molecule has 6 nitrogen and oxygen atoms in total. The summed E-state index contributed by atoms with van der Waals surface area (Å²) in [6.45, 7) is 5.15. The largest absolute Gasteiger partial charge is 1.00 e. The van der Waals surface area contributed by atoms with Crippen molar-refractivity contribution in [2.24, 2.45) is 0 Å². The van der Waals surface area contributed by atoms with E-state index in [0.717, 1.165) is 4.57 Å². The van der Waals surface area contributed by atoms with Gasteiger partial charge in [0, 0.05) is 5.39 Å². The number of aromatic nitrogens is 1. The van der Waals surface area contributed by atoms with Gasteiger partial charge < -0.3 is 14.0 Å². The molecule has 0 aliphatic carbocycles. The second-order valence-corrected chi connectivity index (χ2v) is 6.35. The van der Waals surface area contributed by atoms with Gasteiger partial charge in [0.2, 0.25) is 0 Å². The molecule has 0 saturated heterocycles. The summed E-state index contributed by atoms with van der Waals surface area (Å²) in [5.74, 6) is 0.576. The maximum absolute atomic E-state index is 12.3. The van der Waals surface area contributed by atoms with Crippen LogP contribution in [-0.4, -0.2) is 32.1 Å². The van der Waals surface area contributed by atoms with E-state index < -0.39 is 22.8 Å². The Balaban J connectivity index is 0.00000242. The Morgan fingerprint density at radius 3 is 2.41 bits per heavy atom. The molecule has 1 heterocycles. The summed E-state index contributed by atoms with van der Waals surface area (Å²) in [5.41, 5.74) is -0.272. The molecule has 1 aromatic carbocycles. The molecule has 0 aliphatic rings. The van der Waals surface area contributed by atoms with Crippen LogP contribution in [-0.2, 0) is 15.8 Å². The number of carbonyl (C=O) groups excluding carboxylic acids is 1. The Hall–Kier alpha value is -1.26. The zero-order valence-corrected chi connectivity index (χ0v) is 14.0. The monoisotopic (exact) mass is 317 g/mol. The van der Waals surface area contributed by atoms with Gasteiger partial charge in [-0.2, -0.15) is 0 Å². The Bertz CT molecular complexity index is 720.